The molecule has 36 heavy (non-hydrogen) atoms. The predicted molar refractivity (Wildman–Crippen MR) is 143 cm³/mol. The van der Waals surface area contributed by atoms with Crippen LogP contribution in [0.2, 0.25) is 0 Å². The molecule has 3 aliphatic rings. The Kier molecular flexibility index (Phi) is 9.30. The molecule has 3 rings (SSSR count). The van der Waals surface area contributed by atoms with E-state index in [0.717, 1.165) is 18.4 Å². The number of hydrogen-bond acceptors (Lipinski definition) is 4. The summed E-state index contributed by atoms with van der Waals surface area (Å²) in [5, 5.41) is 40.3. The molecular weight excluding hydrogens is 452 g/mol. The molecule has 0 radical (unpaired) electrons. The third-order valence-electron chi connectivity index (χ3n) is 9.07. The lowest BCUT2D eigenvalue weighted by Crippen LogP contribution is -2.38. The molecule has 4 N–H and O–H groups in total. The van der Waals surface area contributed by atoms with Gasteiger partial charge in [0.05, 0.1) is 12.2 Å². The number of fused-ring (bicyclic) bond motifs is 1. The second-order valence-corrected chi connectivity index (χ2v) is 12.3. The Hall–Kier alpha value is -1.87. The second kappa shape index (κ2) is 11.7. The molecule has 0 amide bonds. The Labute approximate surface area is 217 Å². The van der Waals surface area contributed by atoms with Crippen molar-refractivity contribution in [2.75, 3.05) is 0 Å². The van der Waals surface area contributed by atoms with Crippen molar-refractivity contribution in [3.05, 3.63) is 35.5 Å². The van der Waals surface area contributed by atoms with Crippen LogP contribution in [-0.4, -0.2) is 44.2 Å². The SMILES string of the molecule is C=C1/C(=C\C=C2/CCC[C@@]3(C)C2CC[C@@H]3[C@H](C)CC#CC(C)(C)O)C[C@@H](O)[C@H](CCCC(=O)O)[C@@H]1O. The molecule has 1 unspecified atom stereocenters. The quantitative estimate of drug-likeness (QED) is 0.352. The van der Waals surface area contributed by atoms with Crippen molar-refractivity contribution in [2.24, 2.45) is 29.1 Å². The van der Waals surface area contributed by atoms with Crippen LogP contribution in [0.25, 0.3) is 0 Å². The van der Waals surface area contributed by atoms with Crippen LogP contribution in [0.1, 0.15) is 91.9 Å². The lowest BCUT2D eigenvalue weighted by Gasteiger charge is -2.44. The molecule has 0 aliphatic heterocycles. The van der Waals surface area contributed by atoms with E-state index >= 15 is 0 Å². The van der Waals surface area contributed by atoms with E-state index in [1.807, 2.05) is 0 Å². The van der Waals surface area contributed by atoms with Crippen molar-refractivity contribution in [1.82, 2.24) is 0 Å². The van der Waals surface area contributed by atoms with Gasteiger partial charge in [0.1, 0.15) is 5.60 Å². The van der Waals surface area contributed by atoms with Crippen molar-refractivity contribution >= 4 is 5.97 Å². The summed E-state index contributed by atoms with van der Waals surface area (Å²) < 4.78 is 0. The van der Waals surface area contributed by atoms with Crippen molar-refractivity contribution in [1.29, 1.82) is 0 Å². The average molecular weight is 499 g/mol. The van der Waals surface area contributed by atoms with Crippen LogP contribution in [-0.2, 0) is 4.79 Å². The van der Waals surface area contributed by atoms with Crippen LogP contribution in [0.3, 0.4) is 0 Å². The Bertz CT molecular complexity index is 942. The number of rotatable bonds is 7. The number of aliphatic carboxylic acids is 1. The minimum atomic E-state index is -0.946. The van der Waals surface area contributed by atoms with Gasteiger partial charge in [-0.2, -0.15) is 0 Å². The first-order valence-electron chi connectivity index (χ1n) is 13.7. The van der Waals surface area contributed by atoms with Crippen LogP contribution in [0.5, 0.6) is 0 Å². The normalized spacial score (nSPS) is 35.9. The lowest BCUT2D eigenvalue weighted by molar-refractivity contribution is -0.137. The zero-order valence-corrected chi connectivity index (χ0v) is 22.6. The van der Waals surface area contributed by atoms with Gasteiger partial charge in [-0.1, -0.05) is 44.1 Å². The van der Waals surface area contributed by atoms with E-state index in [-0.39, 0.29) is 17.8 Å². The molecule has 5 nitrogen and oxygen atoms in total. The number of carbonyl (C=O) groups is 1. The number of allylic oxidation sites excluding steroid dienone is 3. The summed E-state index contributed by atoms with van der Waals surface area (Å²) in [6.45, 7) is 12.3. The number of hydrogen-bond donors (Lipinski definition) is 4. The summed E-state index contributed by atoms with van der Waals surface area (Å²) >= 11 is 0. The molecule has 0 aromatic rings. The average Bonchev–Trinajstić information content (AvgIpc) is 3.14. The fourth-order valence-corrected chi connectivity index (χ4v) is 7.17. The van der Waals surface area contributed by atoms with Gasteiger partial charge in [-0.05, 0) is 99.5 Å². The molecule has 3 saturated carbocycles. The summed E-state index contributed by atoms with van der Waals surface area (Å²) in [5.74, 6) is 6.59. The lowest BCUT2D eigenvalue weighted by atomic mass is 9.61. The van der Waals surface area contributed by atoms with Gasteiger partial charge in [0.15, 0.2) is 0 Å². The third kappa shape index (κ3) is 6.71. The fourth-order valence-electron chi connectivity index (χ4n) is 7.17. The van der Waals surface area contributed by atoms with E-state index < -0.39 is 23.8 Å². The molecule has 0 heterocycles. The predicted octanol–water partition coefficient (Wildman–Crippen LogP) is 5.41. The third-order valence-corrected chi connectivity index (χ3v) is 9.07. The highest BCUT2D eigenvalue weighted by atomic mass is 16.4. The van der Waals surface area contributed by atoms with Gasteiger partial charge in [-0.25, -0.2) is 0 Å². The highest BCUT2D eigenvalue weighted by molar-refractivity contribution is 5.66. The molecule has 3 aliphatic carbocycles. The first-order chi connectivity index (χ1) is 16.8. The molecule has 0 saturated heterocycles. The molecule has 0 aromatic heterocycles. The van der Waals surface area contributed by atoms with E-state index in [2.05, 4.69) is 44.4 Å². The maximum Gasteiger partial charge on any atom is 0.303 e. The second-order valence-electron chi connectivity index (χ2n) is 12.3. The highest BCUT2D eigenvalue weighted by Crippen LogP contribution is 2.59. The molecule has 0 spiro atoms. The summed E-state index contributed by atoms with van der Waals surface area (Å²) in [6.07, 6.45) is 10.8. The van der Waals surface area contributed by atoms with Crippen molar-refractivity contribution < 1.29 is 25.2 Å². The summed E-state index contributed by atoms with van der Waals surface area (Å²) in [6, 6.07) is 0. The fraction of sp³-hybridized carbons (Fsp3) is 0.710. The number of aliphatic hydroxyl groups is 3. The van der Waals surface area contributed by atoms with Gasteiger partial charge in [0.25, 0.3) is 0 Å². The largest absolute Gasteiger partial charge is 0.481 e. The van der Waals surface area contributed by atoms with Gasteiger partial charge in [0.2, 0.25) is 0 Å². The number of aliphatic hydroxyl groups excluding tert-OH is 2. The van der Waals surface area contributed by atoms with Gasteiger partial charge in [-0.15, -0.1) is 5.92 Å². The van der Waals surface area contributed by atoms with Crippen LogP contribution in [0.15, 0.2) is 35.5 Å². The number of carboxylic acid groups (broad SMARTS) is 1. The first kappa shape index (κ1) is 28.7. The zero-order chi connectivity index (χ0) is 26.7. The minimum Gasteiger partial charge on any atom is -0.481 e. The Balaban J connectivity index is 1.70. The van der Waals surface area contributed by atoms with E-state index in [1.165, 1.54) is 31.3 Å². The number of carboxylic acids is 1. The maximum atomic E-state index is 10.8. The van der Waals surface area contributed by atoms with Crippen LogP contribution in [0.4, 0.5) is 0 Å². The summed E-state index contributed by atoms with van der Waals surface area (Å²) in [5.41, 5.74) is 2.32. The first-order valence-corrected chi connectivity index (χ1v) is 13.7. The molecular formula is C31H46O5. The molecule has 5 heteroatoms. The van der Waals surface area contributed by atoms with Crippen LogP contribution < -0.4 is 0 Å². The van der Waals surface area contributed by atoms with E-state index in [4.69, 9.17) is 5.11 Å². The van der Waals surface area contributed by atoms with Crippen LogP contribution >= 0.6 is 0 Å². The molecule has 3 fully saturated rings. The van der Waals surface area contributed by atoms with Crippen LogP contribution in [0, 0.1) is 40.9 Å². The van der Waals surface area contributed by atoms with Crippen molar-refractivity contribution in [3.63, 3.8) is 0 Å². The van der Waals surface area contributed by atoms with Gasteiger partial charge in [-0.3, -0.25) is 4.79 Å². The van der Waals surface area contributed by atoms with Crippen molar-refractivity contribution in [3.8, 4) is 11.8 Å². The Morgan fingerprint density at radius 3 is 2.67 bits per heavy atom. The Morgan fingerprint density at radius 1 is 1.28 bits per heavy atom. The van der Waals surface area contributed by atoms with Gasteiger partial charge < -0.3 is 20.4 Å². The molecule has 0 aromatic carbocycles. The molecule has 200 valence electrons. The van der Waals surface area contributed by atoms with E-state index in [1.54, 1.807) is 13.8 Å². The standard InChI is InChI=1S/C31H46O5/c1-20(9-7-17-30(3,4)36)25-15-16-26-22(10-8-18-31(25,26)5)13-14-23-19-27(32)24(29(35)21(23)2)11-6-12-28(33)34/h13-14,20,24-27,29,32,35-36H,2,6,8-12,15-16,18-19H2,1,3-5H3,(H,33,34)/b22-13+,23-14-/t20-,24+,25-,26?,27-,29-,31-/m1/s1. The maximum absolute atomic E-state index is 10.8. The molecule has 0 bridgehead atoms. The topological polar surface area (TPSA) is 98.0 Å². The zero-order valence-electron chi connectivity index (χ0n) is 22.6. The Morgan fingerprint density at radius 2 is 2.00 bits per heavy atom. The van der Waals surface area contributed by atoms with E-state index in [9.17, 15) is 20.1 Å². The van der Waals surface area contributed by atoms with E-state index in [0.29, 0.717) is 42.6 Å². The smallest absolute Gasteiger partial charge is 0.303 e. The summed E-state index contributed by atoms with van der Waals surface area (Å²) in [4.78, 5) is 10.8. The van der Waals surface area contributed by atoms with Crippen molar-refractivity contribution in [2.45, 2.75) is 110 Å². The molecule has 7 atom stereocenters. The minimum absolute atomic E-state index is 0.0446. The monoisotopic (exact) mass is 498 g/mol. The summed E-state index contributed by atoms with van der Waals surface area (Å²) in [7, 11) is 0. The van der Waals surface area contributed by atoms with Gasteiger partial charge in [0, 0.05) is 18.8 Å². The van der Waals surface area contributed by atoms with Gasteiger partial charge >= 0.3 is 5.97 Å². The highest BCUT2D eigenvalue weighted by Gasteiger charge is 2.50.